The molecule has 0 bridgehead atoms. The molecule has 4 nitrogen and oxygen atoms in total. The molecule has 0 unspecified atom stereocenters. The van der Waals surface area contributed by atoms with E-state index in [2.05, 4.69) is 15.7 Å². The number of nitrogens with zero attached hydrogens (tertiary/aromatic N) is 2. The lowest BCUT2D eigenvalue weighted by atomic mass is 10.2. The standard InChI is InChI=1S/C13H14ClFN4S/c1-2-16-13(20)17-12-5-6-19(18-12)8-9-3-4-10(15)7-11(9)14/h3-7H,2,8H2,1H3,(H2,16,17,18,20). The monoisotopic (exact) mass is 312 g/mol. The van der Waals surface area contributed by atoms with Gasteiger partial charge in [-0.2, -0.15) is 5.10 Å². The van der Waals surface area contributed by atoms with E-state index < -0.39 is 0 Å². The van der Waals surface area contributed by atoms with Crippen LogP contribution in [0.1, 0.15) is 12.5 Å². The summed E-state index contributed by atoms with van der Waals surface area (Å²) in [5.74, 6) is 0.298. The maximum atomic E-state index is 13.0. The van der Waals surface area contributed by atoms with Crippen LogP contribution in [0.3, 0.4) is 0 Å². The van der Waals surface area contributed by atoms with Crippen LogP contribution >= 0.6 is 23.8 Å². The van der Waals surface area contributed by atoms with Crippen molar-refractivity contribution in [2.45, 2.75) is 13.5 Å². The van der Waals surface area contributed by atoms with Gasteiger partial charge in [0, 0.05) is 23.8 Å². The number of nitrogens with one attached hydrogen (secondary N) is 2. The van der Waals surface area contributed by atoms with E-state index in [1.165, 1.54) is 12.1 Å². The first kappa shape index (κ1) is 14.7. The third-order valence-corrected chi connectivity index (χ3v) is 3.17. The first-order chi connectivity index (χ1) is 9.58. The Balaban J connectivity index is 2.04. The smallest absolute Gasteiger partial charge is 0.171 e. The van der Waals surface area contributed by atoms with Gasteiger partial charge in [0.2, 0.25) is 0 Å². The van der Waals surface area contributed by atoms with Crippen LogP contribution in [0.5, 0.6) is 0 Å². The second-order valence-corrected chi connectivity index (χ2v) is 4.93. The predicted molar refractivity (Wildman–Crippen MR) is 82.6 cm³/mol. The number of thiocarbonyl (C=S) groups is 1. The first-order valence-corrected chi connectivity index (χ1v) is 6.89. The summed E-state index contributed by atoms with van der Waals surface area (Å²) in [7, 11) is 0. The zero-order valence-electron chi connectivity index (χ0n) is 10.9. The van der Waals surface area contributed by atoms with Gasteiger partial charge in [0.05, 0.1) is 6.54 Å². The topological polar surface area (TPSA) is 41.9 Å². The molecule has 2 aromatic rings. The van der Waals surface area contributed by atoms with Crippen LogP contribution in [-0.2, 0) is 6.54 Å². The molecular formula is C13H14ClFN4S. The van der Waals surface area contributed by atoms with E-state index in [0.29, 0.717) is 22.5 Å². The molecule has 1 heterocycles. The van der Waals surface area contributed by atoms with E-state index in [1.54, 1.807) is 23.0 Å². The van der Waals surface area contributed by atoms with Crippen molar-refractivity contribution in [1.29, 1.82) is 0 Å². The van der Waals surface area contributed by atoms with Crippen molar-refractivity contribution in [3.63, 3.8) is 0 Å². The second-order valence-electron chi connectivity index (χ2n) is 4.12. The first-order valence-electron chi connectivity index (χ1n) is 6.10. The van der Waals surface area contributed by atoms with Crippen LogP contribution in [0.25, 0.3) is 0 Å². The normalized spacial score (nSPS) is 10.3. The third kappa shape index (κ3) is 3.91. The van der Waals surface area contributed by atoms with E-state index in [-0.39, 0.29) is 5.82 Å². The maximum Gasteiger partial charge on any atom is 0.171 e. The number of hydrogen-bond donors (Lipinski definition) is 2. The summed E-state index contributed by atoms with van der Waals surface area (Å²) < 4.78 is 14.7. The Hall–Kier alpha value is -1.66. The minimum absolute atomic E-state index is 0.349. The SMILES string of the molecule is CCNC(=S)Nc1ccn(Cc2ccc(F)cc2Cl)n1. The number of anilines is 1. The number of hydrogen-bond acceptors (Lipinski definition) is 2. The number of rotatable bonds is 4. The summed E-state index contributed by atoms with van der Waals surface area (Å²) >= 11 is 11.1. The highest BCUT2D eigenvalue weighted by Crippen LogP contribution is 2.18. The molecule has 1 aromatic carbocycles. The fourth-order valence-electron chi connectivity index (χ4n) is 1.66. The van der Waals surface area contributed by atoms with Gasteiger partial charge in [-0.05, 0) is 36.8 Å². The van der Waals surface area contributed by atoms with E-state index in [4.69, 9.17) is 23.8 Å². The molecule has 0 amide bonds. The fraction of sp³-hybridized carbons (Fsp3) is 0.231. The van der Waals surface area contributed by atoms with Gasteiger partial charge in [-0.25, -0.2) is 4.39 Å². The Morgan fingerprint density at radius 3 is 2.95 bits per heavy atom. The van der Waals surface area contributed by atoms with Crippen molar-refractivity contribution in [2.75, 3.05) is 11.9 Å². The molecule has 1 aromatic heterocycles. The van der Waals surface area contributed by atoms with Crippen LogP contribution in [0, 0.1) is 5.82 Å². The Morgan fingerprint density at radius 1 is 1.45 bits per heavy atom. The van der Waals surface area contributed by atoms with Gasteiger partial charge >= 0.3 is 0 Å². The fourth-order valence-corrected chi connectivity index (χ4v) is 2.14. The zero-order chi connectivity index (χ0) is 14.5. The number of halogens is 2. The van der Waals surface area contributed by atoms with E-state index in [1.807, 2.05) is 6.92 Å². The quantitative estimate of drug-likeness (QED) is 0.852. The summed E-state index contributed by atoms with van der Waals surface area (Å²) in [5, 5.41) is 11.2. The maximum absolute atomic E-state index is 13.0. The highest BCUT2D eigenvalue weighted by atomic mass is 35.5. The molecule has 0 atom stereocenters. The van der Waals surface area contributed by atoms with Gasteiger partial charge < -0.3 is 10.6 Å². The molecule has 0 aliphatic carbocycles. The van der Waals surface area contributed by atoms with Crippen LogP contribution in [0.15, 0.2) is 30.5 Å². The largest absolute Gasteiger partial charge is 0.363 e. The van der Waals surface area contributed by atoms with E-state index >= 15 is 0 Å². The molecule has 0 saturated heterocycles. The molecule has 7 heteroatoms. The Labute approximate surface area is 126 Å². The van der Waals surface area contributed by atoms with Crippen molar-refractivity contribution < 1.29 is 4.39 Å². The molecular weight excluding hydrogens is 299 g/mol. The lowest BCUT2D eigenvalue weighted by molar-refractivity contribution is 0.624. The lowest BCUT2D eigenvalue weighted by Gasteiger charge is -2.06. The molecule has 2 rings (SSSR count). The highest BCUT2D eigenvalue weighted by Gasteiger charge is 2.05. The van der Waals surface area contributed by atoms with Gasteiger partial charge in [-0.3, -0.25) is 4.68 Å². The molecule has 0 saturated carbocycles. The summed E-state index contributed by atoms with van der Waals surface area (Å²) in [6, 6.07) is 6.13. The average Bonchev–Trinajstić information content (AvgIpc) is 2.80. The molecule has 20 heavy (non-hydrogen) atoms. The van der Waals surface area contributed by atoms with E-state index in [0.717, 1.165) is 12.1 Å². The van der Waals surface area contributed by atoms with Crippen molar-refractivity contribution in [2.24, 2.45) is 0 Å². The highest BCUT2D eigenvalue weighted by molar-refractivity contribution is 7.80. The second kappa shape index (κ2) is 6.67. The summed E-state index contributed by atoms with van der Waals surface area (Å²) in [4.78, 5) is 0. The third-order valence-electron chi connectivity index (χ3n) is 2.57. The van der Waals surface area contributed by atoms with Crippen LogP contribution in [-0.4, -0.2) is 21.4 Å². The Bertz CT molecular complexity index is 614. The molecule has 106 valence electrons. The molecule has 0 fully saturated rings. The van der Waals surface area contributed by atoms with Crippen molar-refractivity contribution in [3.8, 4) is 0 Å². The minimum Gasteiger partial charge on any atom is -0.363 e. The Kier molecular flexibility index (Phi) is 4.92. The van der Waals surface area contributed by atoms with Crippen LogP contribution in [0.4, 0.5) is 10.2 Å². The van der Waals surface area contributed by atoms with E-state index in [9.17, 15) is 4.39 Å². The van der Waals surface area contributed by atoms with Gasteiger partial charge in [-0.15, -0.1) is 0 Å². The van der Waals surface area contributed by atoms with Crippen molar-refractivity contribution in [3.05, 3.63) is 46.9 Å². The Morgan fingerprint density at radius 2 is 2.25 bits per heavy atom. The lowest BCUT2D eigenvalue weighted by Crippen LogP contribution is -2.28. The van der Waals surface area contributed by atoms with Gasteiger partial charge in [0.25, 0.3) is 0 Å². The van der Waals surface area contributed by atoms with Gasteiger partial charge in [0.1, 0.15) is 5.82 Å². The number of aromatic nitrogens is 2. The minimum atomic E-state index is -0.349. The molecule has 0 aliphatic heterocycles. The summed E-state index contributed by atoms with van der Waals surface area (Å²) in [6.07, 6.45) is 1.80. The van der Waals surface area contributed by atoms with Gasteiger partial charge in [0.15, 0.2) is 10.9 Å². The van der Waals surface area contributed by atoms with Crippen LogP contribution in [0.2, 0.25) is 5.02 Å². The molecule has 0 spiro atoms. The summed E-state index contributed by atoms with van der Waals surface area (Å²) in [5.41, 5.74) is 0.803. The van der Waals surface area contributed by atoms with Crippen molar-refractivity contribution >= 4 is 34.7 Å². The average molecular weight is 313 g/mol. The van der Waals surface area contributed by atoms with Crippen molar-refractivity contribution in [1.82, 2.24) is 15.1 Å². The summed E-state index contributed by atoms with van der Waals surface area (Å²) in [6.45, 7) is 3.18. The van der Waals surface area contributed by atoms with Crippen LogP contribution < -0.4 is 10.6 Å². The predicted octanol–water partition coefficient (Wildman–Crippen LogP) is 3.03. The van der Waals surface area contributed by atoms with Gasteiger partial charge in [-0.1, -0.05) is 17.7 Å². The molecule has 0 aliphatic rings. The number of benzene rings is 1. The molecule has 2 N–H and O–H groups in total. The zero-order valence-corrected chi connectivity index (χ0v) is 12.4. The molecule has 0 radical (unpaired) electrons.